The van der Waals surface area contributed by atoms with E-state index in [1.165, 1.54) is 20.9 Å². The molecule has 28 heavy (non-hydrogen) atoms. The minimum atomic E-state index is -0.312. The average Bonchev–Trinajstić information content (AvgIpc) is 2.60. The Morgan fingerprint density at radius 3 is 1.25 bits per heavy atom. The Bertz CT molecular complexity index is 747. The topological polar surface area (TPSA) is 46.1 Å². The molecule has 0 saturated heterocycles. The zero-order chi connectivity index (χ0) is 21.9. The standard InChI is InChI=1S/C22H28S.2CH3O.Ti/c1-15-9-17(21(3,4)5)13-19(11-15)23-20-12-16(2)10-18(14-20)22(6,7)8;2*1-2;/h9-12H,1-8H3;2*1H3;/q;2*-1;+2. The van der Waals surface area contributed by atoms with Crippen LogP contribution in [0.2, 0.25) is 0 Å². The molecular formula is C24H34O2STi. The first-order chi connectivity index (χ1) is 13.0. The normalized spacial score (nSPS) is 12.1. The molecule has 0 aromatic heterocycles. The molecule has 0 saturated carbocycles. The van der Waals surface area contributed by atoms with Gasteiger partial charge in [0.2, 0.25) is 0 Å². The summed E-state index contributed by atoms with van der Waals surface area (Å²) in [6.45, 7) is 18.6. The molecular weight excluding hydrogens is 400 g/mol. The van der Waals surface area contributed by atoms with E-state index in [1.807, 2.05) is 11.8 Å². The fourth-order valence-corrected chi connectivity index (χ4v) is 8.22. The second-order valence-electron chi connectivity index (χ2n) is 9.10. The van der Waals surface area contributed by atoms with Gasteiger partial charge in [-0.1, -0.05) is 0 Å². The van der Waals surface area contributed by atoms with Crippen LogP contribution in [0.1, 0.15) is 63.8 Å². The first-order valence-corrected chi connectivity index (χ1v) is 11.9. The van der Waals surface area contributed by atoms with Gasteiger partial charge in [0.25, 0.3) is 0 Å². The molecule has 1 heterocycles. The molecule has 0 radical (unpaired) electrons. The monoisotopic (exact) mass is 434 g/mol. The number of hydrogen-bond acceptors (Lipinski definition) is 3. The molecule has 3 rings (SSSR count). The first-order valence-electron chi connectivity index (χ1n) is 9.53. The van der Waals surface area contributed by atoms with E-state index in [2.05, 4.69) is 79.7 Å². The predicted octanol–water partition coefficient (Wildman–Crippen LogP) is 3.35. The second kappa shape index (κ2) is 9.95. The zero-order valence-electron chi connectivity index (χ0n) is 19.0. The molecule has 0 spiro atoms. The fourth-order valence-electron chi connectivity index (χ4n) is 3.35. The number of fused-ring (bicyclic) bond motifs is 2. The fraction of sp³-hybridized carbons (Fsp3) is 0.500. The first kappa shape index (κ1) is 25.5. The molecule has 2 aromatic rings. The molecule has 1 aliphatic heterocycles. The summed E-state index contributed by atoms with van der Waals surface area (Å²) in [6.07, 6.45) is 0. The van der Waals surface area contributed by atoms with Crippen LogP contribution in [0, 0.1) is 13.8 Å². The molecule has 0 atom stereocenters. The van der Waals surface area contributed by atoms with Crippen LogP contribution in [0.15, 0.2) is 34.1 Å². The van der Waals surface area contributed by atoms with Gasteiger partial charge >= 0.3 is 161 Å². The van der Waals surface area contributed by atoms with Crippen molar-refractivity contribution in [2.45, 2.75) is 76.0 Å². The molecule has 2 nitrogen and oxygen atoms in total. The Morgan fingerprint density at radius 2 is 0.964 bits per heavy atom. The van der Waals surface area contributed by atoms with E-state index in [9.17, 15) is 0 Å². The summed E-state index contributed by atoms with van der Waals surface area (Å²) in [5.41, 5.74) is 6.34. The van der Waals surface area contributed by atoms with Gasteiger partial charge in [-0.15, -0.1) is 0 Å². The van der Waals surface area contributed by atoms with Crippen molar-refractivity contribution < 1.29 is 29.4 Å². The second-order valence-corrected chi connectivity index (χ2v) is 12.1. The molecule has 152 valence electrons. The summed E-state index contributed by atoms with van der Waals surface area (Å²) in [5.74, 6) is 0. The Hall–Kier alpha value is -0.576. The van der Waals surface area contributed by atoms with Gasteiger partial charge in [0.05, 0.1) is 0 Å². The van der Waals surface area contributed by atoms with Gasteiger partial charge in [0.1, 0.15) is 0 Å². The molecule has 0 unspecified atom stereocenters. The predicted molar refractivity (Wildman–Crippen MR) is 115 cm³/mol. The van der Waals surface area contributed by atoms with Crippen molar-refractivity contribution in [1.82, 2.24) is 0 Å². The third-order valence-electron chi connectivity index (χ3n) is 4.58. The van der Waals surface area contributed by atoms with Crippen LogP contribution in [0.5, 0.6) is 0 Å². The van der Waals surface area contributed by atoms with Crippen LogP contribution in [-0.2, 0) is 30.0 Å². The summed E-state index contributed by atoms with van der Waals surface area (Å²) >= 11 is 1.69. The van der Waals surface area contributed by atoms with Gasteiger partial charge in [-0.25, -0.2) is 0 Å². The Kier molecular flexibility index (Phi) is 9.05. The van der Waals surface area contributed by atoms with E-state index < -0.39 is 0 Å². The third-order valence-corrected chi connectivity index (χ3v) is 8.69. The van der Waals surface area contributed by atoms with Crippen LogP contribution in [0.4, 0.5) is 0 Å². The Labute approximate surface area is 185 Å². The summed E-state index contributed by atoms with van der Waals surface area (Å²) < 4.78 is 3.33. The summed E-state index contributed by atoms with van der Waals surface area (Å²) in [6, 6.07) is 9.67. The molecule has 0 aliphatic carbocycles. The molecule has 4 heteroatoms. The maximum atomic E-state index is 8.25. The Balaban J connectivity index is 0.000000921. The quantitative estimate of drug-likeness (QED) is 0.510. The van der Waals surface area contributed by atoms with Gasteiger partial charge in [-0.05, 0) is 0 Å². The molecule has 0 amide bonds. The average molecular weight is 434 g/mol. The van der Waals surface area contributed by atoms with E-state index in [4.69, 9.17) is 10.2 Å². The maximum absolute atomic E-state index is 8.25. The summed E-state index contributed by atoms with van der Waals surface area (Å²) in [7, 11) is 1.50. The van der Waals surface area contributed by atoms with Crippen molar-refractivity contribution in [3.05, 3.63) is 46.5 Å². The zero-order valence-corrected chi connectivity index (χ0v) is 21.4. The van der Waals surface area contributed by atoms with Crippen LogP contribution in [0.3, 0.4) is 0 Å². The van der Waals surface area contributed by atoms with E-state index in [0.717, 1.165) is 14.2 Å². The van der Waals surface area contributed by atoms with Gasteiger partial charge in [-0.2, -0.15) is 14.2 Å². The van der Waals surface area contributed by atoms with E-state index in [1.54, 1.807) is 18.9 Å². The van der Waals surface area contributed by atoms with Gasteiger partial charge in [0, 0.05) is 0 Å². The number of hydrogen-bond donors (Lipinski definition) is 0. The Morgan fingerprint density at radius 1 is 0.643 bits per heavy atom. The minimum absolute atomic E-state index is 0.213. The molecule has 0 fully saturated rings. The number of rotatable bonds is 0. The van der Waals surface area contributed by atoms with Crippen molar-refractivity contribution in [1.29, 1.82) is 0 Å². The number of aryl methyl sites for hydroxylation is 2. The van der Waals surface area contributed by atoms with Gasteiger partial charge in [0.15, 0.2) is 0 Å². The SMILES string of the molecule is C[O-].C[O-].Cc1cc2[c](c(C(C)(C)C)c1)[Ti+2][c]1c(cc(C)cc1C(C)(C)C)S2. The van der Waals surface area contributed by atoms with Crippen molar-refractivity contribution >= 4 is 19.5 Å². The van der Waals surface area contributed by atoms with Crippen molar-refractivity contribution in [3.8, 4) is 0 Å². The van der Waals surface area contributed by atoms with Gasteiger partial charge < -0.3 is 10.2 Å². The summed E-state index contributed by atoms with van der Waals surface area (Å²) in [4.78, 5) is 3.02. The number of benzene rings is 2. The van der Waals surface area contributed by atoms with Crippen LogP contribution in [0.25, 0.3) is 0 Å². The molecule has 2 aromatic carbocycles. The van der Waals surface area contributed by atoms with E-state index >= 15 is 0 Å². The van der Waals surface area contributed by atoms with Crippen LogP contribution >= 0.6 is 11.8 Å². The van der Waals surface area contributed by atoms with E-state index in [0.29, 0.717) is 0 Å². The van der Waals surface area contributed by atoms with E-state index in [-0.39, 0.29) is 30.0 Å². The molecule has 0 N–H and O–H groups in total. The van der Waals surface area contributed by atoms with Gasteiger partial charge in [-0.3, -0.25) is 0 Å². The molecule has 0 bridgehead atoms. The van der Waals surface area contributed by atoms with Crippen molar-refractivity contribution in [3.63, 3.8) is 0 Å². The van der Waals surface area contributed by atoms with Crippen LogP contribution < -0.4 is 17.9 Å². The van der Waals surface area contributed by atoms with Crippen molar-refractivity contribution in [2.24, 2.45) is 0 Å². The van der Waals surface area contributed by atoms with Crippen LogP contribution in [-0.4, -0.2) is 14.2 Å². The summed E-state index contributed by atoms with van der Waals surface area (Å²) in [5, 5.41) is 16.5. The van der Waals surface area contributed by atoms with Crippen molar-refractivity contribution in [2.75, 3.05) is 14.2 Å². The third kappa shape index (κ3) is 5.74. The molecule has 1 aliphatic rings.